The van der Waals surface area contributed by atoms with Crippen molar-refractivity contribution in [3.05, 3.63) is 70.9 Å². The Kier molecular flexibility index (Phi) is 6.28. The Labute approximate surface area is 188 Å². The Bertz CT molecular complexity index is 1080. The van der Waals surface area contributed by atoms with Crippen molar-refractivity contribution in [2.24, 2.45) is 0 Å². The molecular formula is C23H23F3N4O3. The lowest BCUT2D eigenvalue weighted by Gasteiger charge is -2.31. The lowest BCUT2D eigenvalue weighted by molar-refractivity contribution is -0.137. The molecular weight excluding hydrogens is 437 g/mol. The second kappa shape index (κ2) is 9.14. The van der Waals surface area contributed by atoms with E-state index in [0.29, 0.717) is 24.5 Å². The molecule has 0 radical (unpaired) electrons. The summed E-state index contributed by atoms with van der Waals surface area (Å²) < 4.78 is 44.4. The van der Waals surface area contributed by atoms with Crippen molar-refractivity contribution in [3.8, 4) is 0 Å². The third-order valence-corrected chi connectivity index (χ3v) is 5.56. The van der Waals surface area contributed by atoms with Crippen LogP contribution in [0.5, 0.6) is 0 Å². The molecule has 33 heavy (non-hydrogen) atoms. The van der Waals surface area contributed by atoms with Gasteiger partial charge in [-0.15, -0.1) is 0 Å². The highest BCUT2D eigenvalue weighted by molar-refractivity contribution is 6.06. The van der Waals surface area contributed by atoms with Gasteiger partial charge in [-0.05, 0) is 42.8 Å². The number of nitrogens with zero attached hydrogens (tertiary/aromatic N) is 1. The number of benzene rings is 2. The number of hydrogen-bond donors (Lipinski definition) is 3. The summed E-state index contributed by atoms with van der Waals surface area (Å²) in [6, 6.07) is 10.6. The number of anilines is 2. The van der Waals surface area contributed by atoms with Crippen LogP contribution in [0.1, 0.15) is 24.1 Å². The first-order valence-corrected chi connectivity index (χ1v) is 10.4. The van der Waals surface area contributed by atoms with Crippen molar-refractivity contribution in [1.82, 2.24) is 10.6 Å². The summed E-state index contributed by atoms with van der Waals surface area (Å²) in [4.78, 5) is 27.4. The summed E-state index contributed by atoms with van der Waals surface area (Å²) in [5.41, 5.74) is 1.36. The van der Waals surface area contributed by atoms with Crippen LogP contribution >= 0.6 is 0 Å². The predicted octanol–water partition coefficient (Wildman–Crippen LogP) is 3.81. The standard InChI is InChI=1S/C23H23F3N4O3/c1-14-19(21(31)28-17-4-2-3-16(13-17)23(24,25)26)20(29-22(32)27-14)15-5-7-18(8-6-15)30-9-11-33-12-10-30/h2-8,13,20H,9-12H2,1H3,(H,28,31)(H2,27,29,32). The van der Waals surface area contributed by atoms with Gasteiger partial charge in [0, 0.05) is 30.2 Å². The van der Waals surface area contributed by atoms with Gasteiger partial charge in [0.15, 0.2) is 0 Å². The molecule has 1 fully saturated rings. The van der Waals surface area contributed by atoms with E-state index < -0.39 is 29.7 Å². The van der Waals surface area contributed by atoms with Crippen molar-refractivity contribution in [2.45, 2.75) is 19.1 Å². The number of hydrogen-bond acceptors (Lipinski definition) is 4. The minimum absolute atomic E-state index is 0.00782. The van der Waals surface area contributed by atoms with Crippen LogP contribution in [0.4, 0.5) is 29.3 Å². The van der Waals surface area contributed by atoms with E-state index in [2.05, 4.69) is 20.9 Å². The highest BCUT2D eigenvalue weighted by Crippen LogP contribution is 2.32. The third kappa shape index (κ3) is 5.11. The van der Waals surface area contributed by atoms with Gasteiger partial charge in [-0.1, -0.05) is 18.2 Å². The van der Waals surface area contributed by atoms with E-state index in [-0.39, 0.29) is 11.3 Å². The zero-order chi connectivity index (χ0) is 23.6. The molecule has 2 aliphatic rings. The normalized spacial score (nSPS) is 19.1. The summed E-state index contributed by atoms with van der Waals surface area (Å²) in [5, 5.41) is 7.82. The van der Waals surface area contributed by atoms with Gasteiger partial charge in [0.25, 0.3) is 5.91 Å². The average Bonchev–Trinajstić information content (AvgIpc) is 2.79. The van der Waals surface area contributed by atoms with Crippen LogP contribution in [0, 0.1) is 0 Å². The highest BCUT2D eigenvalue weighted by atomic mass is 19.4. The average molecular weight is 460 g/mol. The summed E-state index contributed by atoms with van der Waals surface area (Å²) in [5.74, 6) is -0.610. The van der Waals surface area contributed by atoms with Gasteiger partial charge in [0.2, 0.25) is 0 Å². The van der Waals surface area contributed by atoms with Gasteiger partial charge in [-0.2, -0.15) is 13.2 Å². The molecule has 0 spiro atoms. The van der Waals surface area contributed by atoms with Gasteiger partial charge in [-0.3, -0.25) is 4.79 Å². The number of morpholine rings is 1. The first kappa shape index (κ1) is 22.7. The zero-order valence-corrected chi connectivity index (χ0v) is 17.8. The van der Waals surface area contributed by atoms with Gasteiger partial charge >= 0.3 is 12.2 Å². The van der Waals surface area contributed by atoms with Crippen LogP contribution in [-0.2, 0) is 15.7 Å². The molecule has 7 nitrogen and oxygen atoms in total. The van der Waals surface area contributed by atoms with Crippen LogP contribution in [-0.4, -0.2) is 38.2 Å². The summed E-state index contributed by atoms with van der Waals surface area (Å²) in [7, 11) is 0. The van der Waals surface area contributed by atoms with Gasteiger partial charge in [0.05, 0.1) is 30.4 Å². The Balaban J connectivity index is 1.58. The maximum atomic E-state index is 13.1. The molecule has 1 saturated heterocycles. The summed E-state index contributed by atoms with van der Waals surface area (Å²) in [6.45, 7) is 4.41. The first-order chi connectivity index (χ1) is 15.7. The Morgan fingerprint density at radius 3 is 2.48 bits per heavy atom. The van der Waals surface area contributed by atoms with E-state index in [1.54, 1.807) is 6.92 Å². The number of carbonyl (C=O) groups excluding carboxylic acids is 2. The molecule has 174 valence electrons. The lowest BCUT2D eigenvalue weighted by Crippen LogP contribution is -2.46. The monoisotopic (exact) mass is 460 g/mol. The fraction of sp³-hybridized carbons (Fsp3) is 0.304. The molecule has 4 rings (SSSR count). The quantitative estimate of drug-likeness (QED) is 0.648. The lowest BCUT2D eigenvalue weighted by atomic mass is 9.94. The zero-order valence-electron chi connectivity index (χ0n) is 17.8. The molecule has 0 bridgehead atoms. The number of amides is 3. The molecule has 2 heterocycles. The topological polar surface area (TPSA) is 82.7 Å². The van der Waals surface area contributed by atoms with Crippen molar-refractivity contribution >= 4 is 23.3 Å². The number of carbonyl (C=O) groups is 2. The number of alkyl halides is 3. The maximum Gasteiger partial charge on any atom is 0.416 e. The minimum atomic E-state index is -4.53. The molecule has 1 unspecified atom stereocenters. The second-order valence-electron chi connectivity index (χ2n) is 7.79. The number of halogens is 3. The molecule has 3 N–H and O–H groups in total. The van der Waals surface area contributed by atoms with E-state index in [0.717, 1.165) is 30.9 Å². The third-order valence-electron chi connectivity index (χ3n) is 5.56. The molecule has 0 saturated carbocycles. The van der Waals surface area contributed by atoms with Crippen molar-refractivity contribution < 1.29 is 27.5 Å². The van der Waals surface area contributed by atoms with E-state index >= 15 is 0 Å². The van der Waals surface area contributed by atoms with Crippen molar-refractivity contribution in [3.63, 3.8) is 0 Å². The number of rotatable bonds is 4. The second-order valence-corrected chi connectivity index (χ2v) is 7.79. The number of urea groups is 1. The molecule has 3 amide bonds. The number of allylic oxidation sites excluding steroid dienone is 1. The summed E-state index contributed by atoms with van der Waals surface area (Å²) in [6.07, 6.45) is -4.53. The molecule has 2 aromatic carbocycles. The van der Waals surface area contributed by atoms with Crippen molar-refractivity contribution in [1.29, 1.82) is 0 Å². The van der Waals surface area contributed by atoms with Crippen LogP contribution in [0.2, 0.25) is 0 Å². The molecule has 10 heteroatoms. The maximum absolute atomic E-state index is 13.1. The van der Waals surface area contributed by atoms with Crippen LogP contribution in [0.15, 0.2) is 59.8 Å². The van der Waals surface area contributed by atoms with Crippen molar-refractivity contribution in [2.75, 3.05) is 36.5 Å². The molecule has 0 aromatic heterocycles. The summed E-state index contributed by atoms with van der Waals surface area (Å²) >= 11 is 0. The molecule has 1 atom stereocenters. The predicted molar refractivity (Wildman–Crippen MR) is 117 cm³/mol. The van der Waals surface area contributed by atoms with E-state index in [9.17, 15) is 22.8 Å². The fourth-order valence-electron chi connectivity index (χ4n) is 3.92. The van der Waals surface area contributed by atoms with Gasteiger partial charge in [0.1, 0.15) is 0 Å². The smallest absolute Gasteiger partial charge is 0.378 e. The number of nitrogens with one attached hydrogen (secondary N) is 3. The largest absolute Gasteiger partial charge is 0.416 e. The fourth-order valence-corrected chi connectivity index (χ4v) is 3.92. The Hall–Kier alpha value is -3.53. The van der Waals surface area contributed by atoms with E-state index in [1.807, 2.05) is 24.3 Å². The van der Waals surface area contributed by atoms with Gasteiger partial charge in [-0.25, -0.2) is 4.79 Å². The Morgan fingerprint density at radius 1 is 1.12 bits per heavy atom. The van der Waals surface area contributed by atoms with Crippen LogP contribution < -0.4 is 20.9 Å². The Morgan fingerprint density at radius 2 is 1.82 bits per heavy atom. The number of ether oxygens (including phenoxy) is 1. The van der Waals surface area contributed by atoms with E-state index in [4.69, 9.17) is 4.74 Å². The van der Waals surface area contributed by atoms with Crippen LogP contribution in [0.25, 0.3) is 0 Å². The highest BCUT2D eigenvalue weighted by Gasteiger charge is 2.33. The molecule has 2 aliphatic heterocycles. The van der Waals surface area contributed by atoms with E-state index in [1.165, 1.54) is 12.1 Å². The first-order valence-electron chi connectivity index (χ1n) is 10.4. The minimum Gasteiger partial charge on any atom is -0.378 e. The van der Waals surface area contributed by atoms with Crippen LogP contribution in [0.3, 0.4) is 0 Å². The molecule has 0 aliphatic carbocycles. The van der Waals surface area contributed by atoms with Gasteiger partial charge < -0.3 is 25.6 Å². The SMILES string of the molecule is CC1=C(C(=O)Nc2cccc(C(F)(F)F)c2)C(c2ccc(N3CCOCC3)cc2)NC(=O)N1. The molecule has 2 aromatic rings.